The van der Waals surface area contributed by atoms with Crippen LogP contribution in [0.3, 0.4) is 0 Å². The van der Waals surface area contributed by atoms with Crippen molar-refractivity contribution in [3.05, 3.63) is 0 Å². The molecule has 0 amide bonds. The van der Waals surface area contributed by atoms with E-state index in [1.807, 2.05) is 0 Å². The first-order valence-electron chi connectivity index (χ1n) is 5.43. The standard InChI is InChI=1S/C11H24GeSi/c1-7-12(8-2,9-3)10-11-13(4,5)6/h7-9H2,1-6H3. The van der Waals surface area contributed by atoms with Gasteiger partial charge in [0.15, 0.2) is 0 Å². The Bertz CT molecular complexity index is 192. The zero-order valence-corrected chi connectivity index (χ0v) is 13.2. The summed E-state index contributed by atoms with van der Waals surface area (Å²) >= 11 is -1.66. The number of rotatable bonds is 3. The monoisotopic (exact) mass is 258 g/mol. The first-order valence-corrected chi connectivity index (χ1v) is 14.4. The van der Waals surface area contributed by atoms with Crippen LogP contribution in [-0.2, 0) is 0 Å². The first kappa shape index (κ1) is 13.3. The molecule has 0 fully saturated rings. The average Bonchev–Trinajstić information content (AvgIpc) is 2.06. The molecule has 0 rings (SSSR count). The minimum atomic E-state index is -1.66. The number of hydrogen-bond acceptors (Lipinski definition) is 0. The topological polar surface area (TPSA) is 0 Å². The van der Waals surface area contributed by atoms with Crippen LogP contribution in [0, 0.1) is 10.3 Å². The van der Waals surface area contributed by atoms with Crippen LogP contribution in [0.5, 0.6) is 0 Å². The van der Waals surface area contributed by atoms with Gasteiger partial charge in [-0.3, -0.25) is 0 Å². The molecule has 13 heavy (non-hydrogen) atoms. The zero-order valence-electron chi connectivity index (χ0n) is 10.1. The van der Waals surface area contributed by atoms with Gasteiger partial charge in [0.2, 0.25) is 0 Å². The van der Waals surface area contributed by atoms with E-state index < -0.39 is 21.3 Å². The van der Waals surface area contributed by atoms with Gasteiger partial charge in [-0.25, -0.2) is 0 Å². The van der Waals surface area contributed by atoms with Crippen LogP contribution < -0.4 is 0 Å². The second-order valence-corrected chi connectivity index (χ2v) is 19.9. The molecule has 0 atom stereocenters. The Morgan fingerprint density at radius 1 is 0.923 bits per heavy atom. The van der Waals surface area contributed by atoms with Crippen molar-refractivity contribution in [3.63, 3.8) is 0 Å². The molecule has 0 radical (unpaired) electrons. The molecule has 0 aliphatic carbocycles. The summed E-state index contributed by atoms with van der Waals surface area (Å²) in [7, 11) is -1.13. The molecule has 0 aliphatic heterocycles. The maximum atomic E-state index is 3.72. The van der Waals surface area contributed by atoms with E-state index in [2.05, 4.69) is 50.7 Å². The predicted octanol–water partition coefficient (Wildman–Crippen LogP) is 3.91. The molecule has 0 heterocycles. The predicted molar refractivity (Wildman–Crippen MR) is 68.3 cm³/mol. The Kier molecular flexibility index (Phi) is 5.39. The second-order valence-electron chi connectivity index (χ2n) is 4.84. The van der Waals surface area contributed by atoms with Gasteiger partial charge in [-0.2, -0.15) is 0 Å². The van der Waals surface area contributed by atoms with Gasteiger partial charge in [0.05, 0.1) is 0 Å². The Hall–Kier alpha value is 0.320. The van der Waals surface area contributed by atoms with Gasteiger partial charge in [-0.1, -0.05) is 0 Å². The average molecular weight is 257 g/mol. The quantitative estimate of drug-likeness (QED) is 0.531. The van der Waals surface area contributed by atoms with Gasteiger partial charge in [0.1, 0.15) is 0 Å². The third-order valence-electron chi connectivity index (χ3n) is 2.73. The van der Waals surface area contributed by atoms with Gasteiger partial charge in [0.25, 0.3) is 0 Å². The van der Waals surface area contributed by atoms with E-state index >= 15 is 0 Å². The van der Waals surface area contributed by atoms with Crippen LogP contribution >= 0.6 is 0 Å². The van der Waals surface area contributed by atoms with Crippen molar-refractivity contribution in [1.29, 1.82) is 0 Å². The molecule has 0 saturated carbocycles. The molecule has 0 aliphatic rings. The second kappa shape index (κ2) is 5.26. The van der Waals surface area contributed by atoms with Gasteiger partial charge >= 0.3 is 87.8 Å². The summed E-state index contributed by atoms with van der Waals surface area (Å²) in [6.45, 7) is 14.0. The van der Waals surface area contributed by atoms with Crippen molar-refractivity contribution < 1.29 is 0 Å². The molecule has 0 aromatic rings. The fraction of sp³-hybridized carbons (Fsp3) is 0.818. The van der Waals surface area contributed by atoms with Crippen LogP contribution in [0.15, 0.2) is 0 Å². The molecule has 0 aromatic heterocycles. The molecule has 0 saturated heterocycles. The van der Waals surface area contributed by atoms with Crippen LogP contribution in [0.25, 0.3) is 0 Å². The summed E-state index contributed by atoms with van der Waals surface area (Å²) in [5.41, 5.74) is 3.59. The van der Waals surface area contributed by atoms with Gasteiger partial charge in [0, 0.05) is 0 Å². The molecule has 2 heteroatoms. The fourth-order valence-electron chi connectivity index (χ4n) is 1.34. The Morgan fingerprint density at radius 3 is 1.54 bits per heavy atom. The fourth-order valence-corrected chi connectivity index (χ4v) is 10.3. The molecule has 0 unspecified atom stereocenters. The molecule has 76 valence electrons. The SMILES string of the molecule is C[CH2][Ge]([C]#C[Si](C)(C)C)([CH2]C)[CH2]C. The van der Waals surface area contributed by atoms with E-state index in [1.165, 1.54) is 15.8 Å². The molecule has 0 N–H and O–H groups in total. The van der Waals surface area contributed by atoms with Crippen molar-refractivity contribution in [2.45, 2.75) is 56.2 Å². The molecule has 0 nitrogen and oxygen atoms in total. The Labute approximate surface area is 87.9 Å². The van der Waals surface area contributed by atoms with E-state index in [9.17, 15) is 0 Å². The third kappa shape index (κ3) is 4.93. The Balaban J connectivity index is 4.66. The van der Waals surface area contributed by atoms with E-state index in [-0.39, 0.29) is 0 Å². The van der Waals surface area contributed by atoms with E-state index in [1.54, 1.807) is 0 Å². The summed E-state index contributed by atoms with van der Waals surface area (Å²) in [5, 5.41) is 4.14. The summed E-state index contributed by atoms with van der Waals surface area (Å²) in [5.74, 6) is 0. The van der Waals surface area contributed by atoms with E-state index in [4.69, 9.17) is 0 Å². The molecule has 0 bridgehead atoms. The summed E-state index contributed by atoms with van der Waals surface area (Å²) in [6.07, 6.45) is 0. The zero-order chi connectivity index (χ0) is 10.5. The minimum absolute atomic E-state index is 1.13. The molecular weight excluding hydrogens is 233 g/mol. The van der Waals surface area contributed by atoms with Crippen molar-refractivity contribution in [2.24, 2.45) is 0 Å². The van der Waals surface area contributed by atoms with E-state index in [0.29, 0.717) is 0 Å². The van der Waals surface area contributed by atoms with Crippen LogP contribution in [0.1, 0.15) is 20.8 Å². The summed E-state index contributed by atoms with van der Waals surface area (Å²) in [6, 6.07) is 0. The van der Waals surface area contributed by atoms with Gasteiger partial charge in [-0.05, 0) is 0 Å². The molecule has 0 aromatic carbocycles. The molecular formula is C11H24GeSi. The number of hydrogen-bond donors (Lipinski definition) is 0. The van der Waals surface area contributed by atoms with Crippen molar-refractivity contribution in [1.82, 2.24) is 0 Å². The van der Waals surface area contributed by atoms with Gasteiger partial charge in [-0.15, -0.1) is 0 Å². The molecule has 0 spiro atoms. The Morgan fingerprint density at radius 2 is 1.31 bits per heavy atom. The third-order valence-corrected chi connectivity index (χ3v) is 14.0. The first-order chi connectivity index (χ1) is 5.89. The van der Waals surface area contributed by atoms with Crippen LogP contribution in [0.4, 0.5) is 0 Å². The van der Waals surface area contributed by atoms with Crippen LogP contribution in [0.2, 0.25) is 35.4 Å². The van der Waals surface area contributed by atoms with E-state index in [0.717, 1.165) is 0 Å². The summed E-state index contributed by atoms with van der Waals surface area (Å²) in [4.78, 5) is 0. The normalized spacial score (nSPS) is 12.2. The maximum absolute atomic E-state index is 3.72. The van der Waals surface area contributed by atoms with Crippen molar-refractivity contribution >= 4 is 21.3 Å². The van der Waals surface area contributed by atoms with Crippen molar-refractivity contribution in [2.75, 3.05) is 0 Å². The van der Waals surface area contributed by atoms with Gasteiger partial charge < -0.3 is 0 Å². The summed E-state index contributed by atoms with van der Waals surface area (Å²) < 4.78 is 3.72. The van der Waals surface area contributed by atoms with Crippen LogP contribution in [-0.4, -0.2) is 21.3 Å². The van der Waals surface area contributed by atoms with Crippen molar-refractivity contribution in [3.8, 4) is 10.3 Å².